The molecule has 0 radical (unpaired) electrons. The van der Waals surface area contributed by atoms with Crippen LogP contribution in [0.15, 0.2) is 0 Å². The Balaban J connectivity index is 2.54. The predicted molar refractivity (Wildman–Crippen MR) is 62.9 cm³/mol. The highest BCUT2D eigenvalue weighted by Crippen LogP contribution is 2.27. The summed E-state index contributed by atoms with van der Waals surface area (Å²) < 4.78 is 0. The summed E-state index contributed by atoms with van der Waals surface area (Å²) in [6, 6.07) is 0. The molecule has 0 unspecified atom stereocenters. The Labute approximate surface area is 95.6 Å². The van der Waals surface area contributed by atoms with Crippen LogP contribution >= 0.6 is 12.2 Å². The third-order valence-electron chi connectivity index (χ3n) is 2.30. The zero-order valence-corrected chi connectivity index (χ0v) is 10.2. The highest BCUT2D eigenvalue weighted by Gasteiger charge is 2.30. The van der Waals surface area contributed by atoms with Gasteiger partial charge in [-0.15, -0.1) is 0 Å². The summed E-state index contributed by atoms with van der Waals surface area (Å²) in [5, 5.41) is 12.4. The third kappa shape index (κ3) is 3.66. The lowest BCUT2D eigenvalue weighted by Crippen LogP contribution is -2.53. The lowest BCUT2D eigenvalue weighted by Gasteiger charge is -2.33. The van der Waals surface area contributed by atoms with Gasteiger partial charge in [0.1, 0.15) is 0 Å². The van der Waals surface area contributed by atoms with Gasteiger partial charge in [0.05, 0.1) is 0 Å². The van der Waals surface area contributed by atoms with E-state index in [0.717, 1.165) is 6.54 Å². The van der Waals surface area contributed by atoms with Crippen molar-refractivity contribution in [3.8, 4) is 0 Å². The maximum atomic E-state index is 11.0. The molecule has 5 heteroatoms. The van der Waals surface area contributed by atoms with Crippen LogP contribution in [0.5, 0.6) is 0 Å². The van der Waals surface area contributed by atoms with E-state index in [1.165, 1.54) is 17.7 Å². The quantitative estimate of drug-likeness (QED) is 0.713. The van der Waals surface area contributed by atoms with Gasteiger partial charge >= 0.3 is 6.09 Å². The molecule has 0 saturated heterocycles. The molecule has 86 valence electrons. The normalized spacial score (nSPS) is 15.9. The first-order chi connectivity index (χ1) is 6.82. The number of hydrogen-bond donors (Lipinski definition) is 2. The second kappa shape index (κ2) is 4.35. The Morgan fingerprint density at radius 3 is 2.40 bits per heavy atom. The summed E-state index contributed by atoms with van der Waals surface area (Å²) in [6.45, 7) is 6.27. The first kappa shape index (κ1) is 12.2. The average Bonchev–Trinajstić information content (AvgIpc) is 2.79. The number of nitrogens with zero attached hydrogens (tertiary/aromatic N) is 1. The number of carbonyl (C=O) groups is 1. The molecule has 0 aliphatic heterocycles. The van der Waals surface area contributed by atoms with Crippen LogP contribution < -0.4 is 5.32 Å². The summed E-state index contributed by atoms with van der Waals surface area (Å²) in [6.07, 6.45) is 1.44. The van der Waals surface area contributed by atoms with E-state index < -0.39 is 11.6 Å². The molecule has 2 N–H and O–H groups in total. The molecule has 15 heavy (non-hydrogen) atoms. The van der Waals surface area contributed by atoms with Crippen molar-refractivity contribution in [1.29, 1.82) is 0 Å². The Morgan fingerprint density at radius 2 is 2.07 bits per heavy atom. The van der Waals surface area contributed by atoms with Gasteiger partial charge in [0.25, 0.3) is 0 Å². The molecular formula is C10H18N2O2S. The molecule has 0 heterocycles. The predicted octanol–water partition coefficient (Wildman–Crippen LogP) is 2.05. The molecule has 0 spiro atoms. The Bertz CT molecular complexity index is 269. The number of amides is 1. The van der Waals surface area contributed by atoms with Crippen LogP contribution in [-0.2, 0) is 0 Å². The fourth-order valence-electron chi connectivity index (χ4n) is 1.31. The monoisotopic (exact) mass is 230 g/mol. The van der Waals surface area contributed by atoms with Crippen LogP contribution in [0.25, 0.3) is 0 Å². The molecule has 1 fully saturated rings. The maximum Gasteiger partial charge on any atom is 0.414 e. The Kier molecular flexibility index (Phi) is 3.54. The van der Waals surface area contributed by atoms with Gasteiger partial charge in [-0.3, -0.25) is 0 Å². The van der Waals surface area contributed by atoms with Crippen LogP contribution in [0.4, 0.5) is 4.79 Å². The van der Waals surface area contributed by atoms with Gasteiger partial charge in [-0.05, 0) is 51.7 Å². The Hall–Kier alpha value is -0.840. The van der Waals surface area contributed by atoms with E-state index in [9.17, 15) is 4.79 Å². The maximum absolute atomic E-state index is 11.0. The molecule has 1 aliphatic carbocycles. The van der Waals surface area contributed by atoms with Crippen molar-refractivity contribution >= 4 is 23.4 Å². The van der Waals surface area contributed by atoms with Crippen LogP contribution in [0, 0.1) is 5.92 Å². The van der Waals surface area contributed by atoms with Gasteiger partial charge in [-0.25, -0.2) is 9.69 Å². The zero-order valence-electron chi connectivity index (χ0n) is 9.41. The van der Waals surface area contributed by atoms with Gasteiger partial charge in [-0.2, -0.15) is 0 Å². The minimum absolute atomic E-state index is 0.307. The summed E-state index contributed by atoms with van der Waals surface area (Å²) in [5.74, 6) is 0.679. The van der Waals surface area contributed by atoms with E-state index in [1.807, 2.05) is 20.8 Å². The molecule has 1 amide bonds. The highest BCUT2D eigenvalue weighted by atomic mass is 32.1. The molecule has 0 aromatic carbocycles. The molecule has 0 aromatic rings. The molecule has 0 aromatic heterocycles. The van der Waals surface area contributed by atoms with Crippen molar-refractivity contribution < 1.29 is 9.90 Å². The molecular weight excluding hydrogens is 212 g/mol. The molecule has 4 nitrogen and oxygen atoms in total. The zero-order chi connectivity index (χ0) is 11.6. The van der Waals surface area contributed by atoms with Crippen molar-refractivity contribution in [2.24, 2.45) is 5.92 Å². The van der Waals surface area contributed by atoms with Crippen LogP contribution in [0.2, 0.25) is 0 Å². The summed E-state index contributed by atoms with van der Waals surface area (Å²) in [7, 11) is 0. The van der Waals surface area contributed by atoms with Crippen molar-refractivity contribution in [2.45, 2.75) is 39.2 Å². The highest BCUT2D eigenvalue weighted by molar-refractivity contribution is 7.80. The van der Waals surface area contributed by atoms with Gasteiger partial charge in [-0.1, -0.05) is 0 Å². The lowest BCUT2D eigenvalue weighted by atomic mass is 10.1. The number of nitrogens with one attached hydrogen (secondary N) is 1. The fraction of sp³-hybridized carbons (Fsp3) is 0.800. The molecule has 0 atom stereocenters. The topological polar surface area (TPSA) is 52.6 Å². The number of hydrogen-bond acceptors (Lipinski definition) is 2. The minimum atomic E-state index is -1.00. The molecule has 1 rings (SSSR count). The number of carboxylic acid groups (broad SMARTS) is 1. The molecule has 0 bridgehead atoms. The van der Waals surface area contributed by atoms with E-state index in [-0.39, 0.29) is 0 Å². The number of thiocarbonyl (C=S) groups is 1. The first-order valence-electron chi connectivity index (χ1n) is 5.13. The van der Waals surface area contributed by atoms with Crippen LogP contribution in [0.3, 0.4) is 0 Å². The van der Waals surface area contributed by atoms with E-state index in [1.54, 1.807) is 0 Å². The molecule has 1 aliphatic rings. The van der Waals surface area contributed by atoms with E-state index in [0.29, 0.717) is 11.0 Å². The smallest absolute Gasteiger partial charge is 0.414 e. The van der Waals surface area contributed by atoms with Crippen LogP contribution in [0.1, 0.15) is 33.6 Å². The van der Waals surface area contributed by atoms with Crippen LogP contribution in [-0.4, -0.2) is 33.3 Å². The van der Waals surface area contributed by atoms with Gasteiger partial charge < -0.3 is 10.4 Å². The van der Waals surface area contributed by atoms with Crippen molar-refractivity contribution in [3.05, 3.63) is 0 Å². The largest absolute Gasteiger partial charge is 0.465 e. The minimum Gasteiger partial charge on any atom is -0.465 e. The van der Waals surface area contributed by atoms with E-state index in [4.69, 9.17) is 17.3 Å². The summed E-state index contributed by atoms with van der Waals surface area (Å²) >= 11 is 5.08. The molecule has 1 saturated carbocycles. The lowest BCUT2D eigenvalue weighted by molar-refractivity contribution is 0.140. The standard InChI is InChI=1S/C10H18N2O2S/c1-10(2,3)12(9(13)14)8(15)11-6-7-4-5-7/h7H,4-6H2,1-3H3,(H,11,15)(H,13,14). The first-order valence-corrected chi connectivity index (χ1v) is 5.54. The SMILES string of the molecule is CC(C)(C)N(C(=O)O)C(=S)NCC1CC1. The second-order valence-corrected chi connectivity index (χ2v) is 5.30. The van der Waals surface area contributed by atoms with Gasteiger partial charge in [0, 0.05) is 12.1 Å². The Morgan fingerprint density at radius 1 is 1.53 bits per heavy atom. The van der Waals surface area contributed by atoms with Gasteiger partial charge in [0.2, 0.25) is 0 Å². The fourth-order valence-corrected chi connectivity index (χ4v) is 1.75. The van der Waals surface area contributed by atoms with E-state index >= 15 is 0 Å². The summed E-state index contributed by atoms with van der Waals surface area (Å²) in [5.41, 5.74) is -0.501. The average molecular weight is 230 g/mol. The van der Waals surface area contributed by atoms with Crippen molar-refractivity contribution in [2.75, 3.05) is 6.54 Å². The summed E-state index contributed by atoms with van der Waals surface area (Å²) in [4.78, 5) is 12.2. The number of rotatable bonds is 2. The van der Waals surface area contributed by atoms with Crippen molar-refractivity contribution in [1.82, 2.24) is 10.2 Å². The van der Waals surface area contributed by atoms with Gasteiger partial charge in [0.15, 0.2) is 5.11 Å². The van der Waals surface area contributed by atoms with Crippen molar-refractivity contribution in [3.63, 3.8) is 0 Å². The second-order valence-electron chi connectivity index (χ2n) is 4.92. The van der Waals surface area contributed by atoms with E-state index in [2.05, 4.69) is 5.32 Å². The third-order valence-corrected chi connectivity index (χ3v) is 2.63.